The number of thioether (sulfide) groups is 1. The maximum Gasteiger partial charge on any atom is 0.0632 e. The maximum absolute atomic E-state index is 10.0. The molecule has 3 heteroatoms. The van der Waals surface area contributed by atoms with Crippen LogP contribution < -0.4 is 0 Å². The molecular weight excluding hydrogens is 242 g/mol. The van der Waals surface area contributed by atoms with Gasteiger partial charge in [-0.1, -0.05) is 18.2 Å². The van der Waals surface area contributed by atoms with Gasteiger partial charge in [0.2, 0.25) is 0 Å². The molecule has 1 aliphatic rings. The van der Waals surface area contributed by atoms with Crippen LogP contribution in [0.3, 0.4) is 0 Å². The first-order valence-corrected chi connectivity index (χ1v) is 7.77. The Hall–Kier alpha value is -0.510. The van der Waals surface area contributed by atoms with Crippen molar-refractivity contribution in [2.45, 2.75) is 36.7 Å². The van der Waals surface area contributed by atoms with Crippen molar-refractivity contribution in [1.82, 2.24) is 4.90 Å². The molecule has 0 aromatic heterocycles. The Morgan fingerprint density at radius 2 is 2.00 bits per heavy atom. The third-order valence-electron chi connectivity index (χ3n) is 3.58. The third kappa shape index (κ3) is 4.63. The minimum atomic E-state index is -0.443. The second-order valence-corrected chi connectivity index (χ2v) is 6.52. The van der Waals surface area contributed by atoms with Gasteiger partial charge in [-0.05, 0) is 44.9 Å². The van der Waals surface area contributed by atoms with Gasteiger partial charge in [0.05, 0.1) is 5.60 Å². The molecule has 2 nitrogen and oxygen atoms in total. The first kappa shape index (κ1) is 13.9. The summed E-state index contributed by atoms with van der Waals surface area (Å²) in [5.74, 6) is 1.13. The molecule has 1 saturated heterocycles. The molecule has 1 heterocycles. The number of nitrogens with zero attached hydrogens (tertiary/aromatic N) is 1. The molecule has 1 aliphatic heterocycles. The van der Waals surface area contributed by atoms with E-state index in [0.717, 1.165) is 44.6 Å². The average molecular weight is 265 g/mol. The largest absolute Gasteiger partial charge is 0.390 e. The van der Waals surface area contributed by atoms with Crippen LogP contribution in [0.15, 0.2) is 35.2 Å². The number of likely N-dealkylation sites (tertiary alicyclic amines) is 1. The second kappa shape index (κ2) is 6.60. The summed E-state index contributed by atoms with van der Waals surface area (Å²) in [6.45, 7) is 5.25. The van der Waals surface area contributed by atoms with E-state index in [4.69, 9.17) is 0 Å². The lowest BCUT2D eigenvalue weighted by Gasteiger charge is -2.22. The van der Waals surface area contributed by atoms with E-state index in [9.17, 15) is 5.11 Å². The van der Waals surface area contributed by atoms with Crippen molar-refractivity contribution < 1.29 is 5.11 Å². The number of aliphatic hydroxyl groups is 1. The number of rotatable bonds is 4. The summed E-state index contributed by atoms with van der Waals surface area (Å²) in [6.07, 6.45) is 2.96. The Labute approximate surface area is 114 Å². The van der Waals surface area contributed by atoms with Crippen LogP contribution >= 0.6 is 11.8 Å². The molecule has 0 radical (unpaired) electrons. The van der Waals surface area contributed by atoms with Gasteiger partial charge in [-0.25, -0.2) is 0 Å². The number of hydrogen-bond acceptors (Lipinski definition) is 3. The lowest BCUT2D eigenvalue weighted by molar-refractivity contribution is 0.0449. The Bertz CT molecular complexity index is 353. The number of benzene rings is 1. The molecule has 2 rings (SSSR count). The van der Waals surface area contributed by atoms with E-state index in [1.54, 1.807) is 0 Å². The standard InChI is InChI=1S/C15H23NOS/c1-15(17)8-5-10-16(11-9-15)12-13-18-14-6-3-2-4-7-14/h2-4,6-7,17H,5,8-13H2,1H3. The van der Waals surface area contributed by atoms with Crippen LogP contribution in [0.5, 0.6) is 0 Å². The fourth-order valence-corrected chi connectivity index (χ4v) is 3.29. The van der Waals surface area contributed by atoms with E-state index in [2.05, 4.69) is 35.2 Å². The topological polar surface area (TPSA) is 23.5 Å². The zero-order chi connectivity index (χ0) is 12.8. The third-order valence-corrected chi connectivity index (χ3v) is 4.57. The molecule has 0 aliphatic carbocycles. The van der Waals surface area contributed by atoms with Gasteiger partial charge in [0.1, 0.15) is 0 Å². The Kier molecular flexibility index (Phi) is 5.10. The molecule has 1 N–H and O–H groups in total. The highest BCUT2D eigenvalue weighted by molar-refractivity contribution is 7.99. The van der Waals surface area contributed by atoms with Crippen LogP contribution in [0.25, 0.3) is 0 Å². The molecule has 0 bridgehead atoms. The molecule has 100 valence electrons. The van der Waals surface area contributed by atoms with Gasteiger partial charge in [0.15, 0.2) is 0 Å². The normalized spacial score (nSPS) is 25.9. The summed E-state index contributed by atoms with van der Waals surface area (Å²) in [6, 6.07) is 10.6. The lowest BCUT2D eigenvalue weighted by atomic mass is 9.98. The zero-order valence-corrected chi connectivity index (χ0v) is 12.0. The Morgan fingerprint density at radius 1 is 1.22 bits per heavy atom. The fourth-order valence-electron chi connectivity index (χ4n) is 2.35. The van der Waals surface area contributed by atoms with E-state index in [0.29, 0.717) is 0 Å². The molecule has 1 aromatic rings. The fraction of sp³-hybridized carbons (Fsp3) is 0.600. The molecule has 0 amide bonds. The average Bonchev–Trinajstić information content (AvgIpc) is 2.52. The highest BCUT2D eigenvalue weighted by atomic mass is 32.2. The molecule has 18 heavy (non-hydrogen) atoms. The lowest BCUT2D eigenvalue weighted by Crippen LogP contribution is -2.29. The molecule has 0 spiro atoms. The van der Waals surface area contributed by atoms with Crippen LogP contribution in [-0.4, -0.2) is 41.0 Å². The molecule has 0 saturated carbocycles. The van der Waals surface area contributed by atoms with Gasteiger partial charge >= 0.3 is 0 Å². The van der Waals surface area contributed by atoms with E-state index < -0.39 is 5.60 Å². The predicted molar refractivity (Wildman–Crippen MR) is 78.1 cm³/mol. The van der Waals surface area contributed by atoms with Crippen molar-refractivity contribution in [2.75, 3.05) is 25.4 Å². The highest BCUT2D eigenvalue weighted by Gasteiger charge is 2.24. The van der Waals surface area contributed by atoms with Crippen molar-refractivity contribution >= 4 is 11.8 Å². The molecule has 1 fully saturated rings. The van der Waals surface area contributed by atoms with Crippen LogP contribution in [0.2, 0.25) is 0 Å². The van der Waals surface area contributed by atoms with Crippen molar-refractivity contribution in [3.63, 3.8) is 0 Å². The predicted octanol–water partition coefficient (Wildman–Crippen LogP) is 3.02. The van der Waals surface area contributed by atoms with E-state index in [1.807, 2.05) is 18.7 Å². The first-order valence-electron chi connectivity index (χ1n) is 6.78. The van der Waals surface area contributed by atoms with E-state index in [-0.39, 0.29) is 0 Å². The Morgan fingerprint density at radius 3 is 2.78 bits per heavy atom. The minimum absolute atomic E-state index is 0.443. The summed E-state index contributed by atoms with van der Waals surface area (Å²) in [7, 11) is 0. The molecular formula is C15H23NOS. The molecule has 1 unspecified atom stereocenters. The summed E-state index contributed by atoms with van der Waals surface area (Å²) >= 11 is 1.92. The minimum Gasteiger partial charge on any atom is -0.390 e. The van der Waals surface area contributed by atoms with Crippen LogP contribution in [0.1, 0.15) is 26.2 Å². The van der Waals surface area contributed by atoms with Gasteiger partial charge < -0.3 is 10.0 Å². The monoisotopic (exact) mass is 265 g/mol. The molecule has 1 aromatic carbocycles. The quantitative estimate of drug-likeness (QED) is 0.847. The summed E-state index contributed by atoms with van der Waals surface area (Å²) < 4.78 is 0. The van der Waals surface area contributed by atoms with Crippen molar-refractivity contribution in [1.29, 1.82) is 0 Å². The second-order valence-electron chi connectivity index (χ2n) is 5.35. The van der Waals surface area contributed by atoms with Crippen molar-refractivity contribution in [3.05, 3.63) is 30.3 Å². The number of hydrogen-bond donors (Lipinski definition) is 1. The van der Waals surface area contributed by atoms with Crippen molar-refractivity contribution in [2.24, 2.45) is 0 Å². The zero-order valence-electron chi connectivity index (χ0n) is 11.1. The van der Waals surface area contributed by atoms with Crippen LogP contribution in [-0.2, 0) is 0 Å². The van der Waals surface area contributed by atoms with E-state index in [1.165, 1.54) is 4.90 Å². The smallest absolute Gasteiger partial charge is 0.0632 e. The van der Waals surface area contributed by atoms with Gasteiger partial charge in [0, 0.05) is 23.7 Å². The van der Waals surface area contributed by atoms with E-state index >= 15 is 0 Å². The van der Waals surface area contributed by atoms with Gasteiger partial charge in [-0.3, -0.25) is 0 Å². The maximum atomic E-state index is 10.0. The SMILES string of the molecule is CC1(O)CCCN(CCSc2ccccc2)CC1. The van der Waals surface area contributed by atoms with Crippen molar-refractivity contribution in [3.8, 4) is 0 Å². The molecule has 1 atom stereocenters. The summed E-state index contributed by atoms with van der Waals surface area (Å²) in [5.41, 5.74) is -0.443. The van der Waals surface area contributed by atoms with Crippen LogP contribution in [0.4, 0.5) is 0 Å². The van der Waals surface area contributed by atoms with Crippen LogP contribution in [0, 0.1) is 0 Å². The summed E-state index contributed by atoms with van der Waals surface area (Å²) in [5, 5.41) is 10.0. The van der Waals surface area contributed by atoms with Gasteiger partial charge in [-0.15, -0.1) is 11.8 Å². The van der Waals surface area contributed by atoms with Gasteiger partial charge in [0.25, 0.3) is 0 Å². The first-order chi connectivity index (χ1) is 8.66. The highest BCUT2D eigenvalue weighted by Crippen LogP contribution is 2.22. The Balaban J connectivity index is 1.71. The van der Waals surface area contributed by atoms with Gasteiger partial charge in [-0.2, -0.15) is 0 Å². The summed E-state index contributed by atoms with van der Waals surface area (Å²) in [4.78, 5) is 3.83.